The van der Waals surface area contributed by atoms with Crippen LogP contribution < -0.4 is 4.74 Å². The van der Waals surface area contributed by atoms with Crippen molar-refractivity contribution in [1.82, 2.24) is 4.90 Å². The van der Waals surface area contributed by atoms with Gasteiger partial charge in [-0.2, -0.15) is 0 Å². The van der Waals surface area contributed by atoms with Gasteiger partial charge in [-0.1, -0.05) is 66.2 Å². The minimum Gasteiger partial charge on any atom is -0.497 e. The Hall–Kier alpha value is -3.37. The van der Waals surface area contributed by atoms with Gasteiger partial charge in [0.25, 0.3) is 0 Å². The first-order valence-corrected chi connectivity index (χ1v) is 10.5. The molecule has 1 heterocycles. The number of benzene rings is 3. The molecule has 1 aliphatic rings. The van der Waals surface area contributed by atoms with E-state index in [-0.39, 0.29) is 18.1 Å². The first-order chi connectivity index (χ1) is 15.1. The number of carbonyl (C=O) groups excluding carboxylic acids is 2. The lowest BCUT2D eigenvalue weighted by molar-refractivity contribution is -0.128. The number of methoxy groups -OCH3 is 1. The number of hydrogen-bond donors (Lipinski definition) is 0. The maximum absolute atomic E-state index is 13.5. The molecule has 0 spiro atoms. The quantitative estimate of drug-likeness (QED) is 0.466. The van der Waals surface area contributed by atoms with E-state index < -0.39 is 0 Å². The van der Waals surface area contributed by atoms with E-state index in [4.69, 9.17) is 16.3 Å². The minimum atomic E-state index is -0.142. The Kier molecular flexibility index (Phi) is 6.19. The Labute approximate surface area is 186 Å². The van der Waals surface area contributed by atoms with Crippen molar-refractivity contribution >= 4 is 29.0 Å². The third-order valence-electron chi connectivity index (χ3n) is 5.39. The highest BCUT2D eigenvalue weighted by molar-refractivity contribution is 6.35. The van der Waals surface area contributed by atoms with Crippen molar-refractivity contribution in [3.05, 3.63) is 106 Å². The van der Waals surface area contributed by atoms with Crippen LogP contribution in [0.15, 0.2) is 84.4 Å². The molecule has 0 bridgehead atoms. The van der Waals surface area contributed by atoms with Crippen molar-refractivity contribution in [2.75, 3.05) is 7.11 Å². The molecule has 0 unspecified atom stereocenters. The van der Waals surface area contributed by atoms with Crippen molar-refractivity contribution in [3.63, 3.8) is 0 Å². The topological polar surface area (TPSA) is 46.6 Å². The van der Waals surface area contributed by atoms with Crippen LogP contribution in [0, 0.1) is 0 Å². The number of amides is 1. The lowest BCUT2D eigenvalue weighted by Gasteiger charge is -2.32. The minimum absolute atomic E-state index is 0.00891. The Bertz CT molecular complexity index is 1140. The molecule has 156 valence electrons. The molecular formula is C26H22ClNO3. The van der Waals surface area contributed by atoms with Gasteiger partial charge in [0.2, 0.25) is 5.91 Å². The maximum atomic E-state index is 13.5. The van der Waals surface area contributed by atoms with Gasteiger partial charge in [-0.05, 0) is 41.8 Å². The first kappa shape index (κ1) is 20.9. The summed E-state index contributed by atoms with van der Waals surface area (Å²) in [5.41, 5.74) is 3.49. The lowest BCUT2D eigenvalue weighted by Crippen LogP contribution is -2.34. The average molecular weight is 432 g/mol. The highest BCUT2D eigenvalue weighted by Crippen LogP contribution is 2.35. The summed E-state index contributed by atoms with van der Waals surface area (Å²) in [6, 6.07) is 24.2. The molecule has 0 fully saturated rings. The molecule has 3 aromatic rings. The molecule has 0 N–H and O–H groups in total. The van der Waals surface area contributed by atoms with Crippen LogP contribution in [0.1, 0.15) is 34.3 Å². The maximum Gasteiger partial charge on any atom is 0.227 e. The first-order valence-electron chi connectivity index (χ1n) is 10.1. The fourth-order valence-corrected chi connectivity index (χ4v) is 4.03. The van der Waals surface area contributed by atoms with Gasteiger partial charge in [-0.15, -0.1) is 0 Å². The third-order valence-corrected chi connectivity index (χ3v) is 5.71. The van der Waals surface area contributed by atoms with Gasteiger partial charge in [0.15, 0.2) is 5.78 Å². The van der Waals surface area contributed by atoms with Gasteiger partial charge < -0.3 is 9.64 Å². The van der Waals surface area contributed by atoms with Crippen LogP contribution in [0.4, 0.5) is 0 Å². The van der Waals surface area contributed by atoms with Crippen molar-refractivity contribution in [2.45, 2.75) is 19.4 Å². The van der Waals surface area contributed by atoms with E-state index in [9.17, 15) is 9.59 Å². The standard InChI is InChI=1S/C26H22ClNO3/c1-31-20-13-11-18(12-14-20)17-28-24(29)16-15-22(25(28)19-7-3-2-4-8-19)26(30)21-9-5-6-10-23(21)27/h2-14H,15-17H2,1H3. The highest BCUT2D eigenvalue weighted by Gasteiger charge is 2.32. The summed E-state index contributed by atoms with van der Waals surface area (Å²) in [6.45, 7) is 0.367. The normalized spacial score (nSPS) is 14.0. The van der Waals surface area contributed by atoms with Crippen LogP contribution in [0.5, 0.6) is 5.75 Å². The smallest absolute Gasteiger partial charge is 0.227 e. The summed E-state index contributed by atoms with van der Waals surface area (Å²) in [7, 11) is 1.62. The van der Waals surface area contributed by atoms with E-state index in [2.05, 4.69) is 0 Å². The number of carbonyl (C=O) groups is 2. The molecule has 5 heteroatoms. The number of Topliss-reactive ketones (excluding diaryl/α,β-unsaturated/α-hetero) is 1. The second kappa shape index (κ2) is 9.19. The molecular weight excluding hydrogens is 410 g/mol. The van der Waals surface area contributed by atoms with Gasteiger partial charge in [0, 0.05) is 17.6 Å². The highest BCUT2D eigenvalue weighted by atomic mass is 35.5. The second-order valence-corrected chi connectivity index (χ2v) is 7.74. The molecule has 1 aliphatic heterocycles. The number of allylic oxidation sites excluding steroid dienone is 1. The largest absolute Gasteiger partial charge is 0.497 e. The zero-order valence-electron chi connectivity index (χ0n) is 17.2. The average Bonchev–Trinajstić information content (AvgIpc) is 2.81. The molecule has 0 saturated heterocycles. The van der Waals surface area contributed by atoms with Gasteiger partial charge in [-0.25, -0.2) is 0 Å². The van der Waals surface area contributed by atoms with Crippen LogP contribution in [-0.4, -0.2) is 23.7 Å². The van der Waals surface area contributed by atoms with Crippen molar-refractivity contribution < 1.29 is 14.3 Å². The summed E-state index contributed by atoms with van der Waals surface area (Å²) < 4.78 is 5.23. The van der Waals surface area contributed by atoms with E-state index in [0.29, 0.717) is 34.8 Å². The molecule has 0 atom stereocenters. The van der Waals surface area contributed by atoms with Crippen LogP contribution in [0.2, 0.25) is 5.02 Å². The van der Waals surface area contributed by atoms with Gasteiger partial charge in [0.05, 0.1) is 24.4 Å². The molecule has 1 amide bonds. The summed E-state index contributed by atoms with van der Waals surface area (Å²) in [5, 5.41) is 0.408. The number of ketones is 1. The molecule has 31 heavy (non-hydrogen) atoms. The fourth-order valence-electron chi connectivity index (χ4n) is 3.81. The van der Waals surface area contributed by atoms with Crippen molar-refractivity contribution in [2.24, 2.45) is 0 Å². The van der Waals surface area contributed by atoms with E-state index in [1.165, 1.54) is 0 Å². The van der Waals surface area contributed by atoms with E-state index in [1.807, 2.05) is 54.6 Å². The Balaban J connectivity index is 1.81. The molecule has 4 rings (SSSR count). The van der Waals surface area contributed by atoms with E-state index in [1.54, 1.807) is 36.3 Å². The van der Waals surface area contributed by atoms with Crippen molar-refractivity contribution in [1.29, 1.82) is 0 Å². The number of rotatable bonds is 6. The summed E-state index contributed by atoms with van der Waals surface area (Å²) in [4.78, 5) is 28.2. The number of ether oxygens (including phenoxy) is 1. The van der Waals surface area contributed by atoms with Crippen LogP contribution in [-0.2, 0) is 11.3 Å². The molecule has 4 nitrogen and oxygen atoms in total. The predicted molar refractivity (Wildman–Crippen MR) is 122 cm³/mol. The third kappa shape index (κ3) is 4.39. The summed E-state index contributed by atoms with van der Waals surface area (Å²) in [5.74, 6) is 0.601. The monoisotopic (exact) mass is 431 g/mol. The Morgan fingerprint density at radius 2 is 1.61 bits per heavy atom. The predicted octanol–water partition coefficient (Wildman–Crippen LogP) is 5.77. The van der Waals surface area contributed by atoms with E-state index >= 15 is 0 Å². The number of nitrogens with zero attached hydrogens (tertiary/aromatic N) is 1. The zero-order chi connectivity index (χ0) is 21.8. The SMILES string of the molecule is COc1ccc(CN2C(=O)CCC(C(=O)c3ccccc3Cl)=C2c2ccccc2)cc1. The van der Waals surface area contributed by atoms with Crippen LogP contribution >= 0.6 is 11.6 Å². The van der Waals surface area contributed by atoms with Gasteiger partial charge >= 0.3 is 0 Å². The fraction of sp³-hybridized carbons (Fsp3) is 0.154. The zero-order valence-corrected chi connectivity index (χ0v) is 17.9. The van der Waals surface area contributed by atoms with Crippen molar-refractivity contribution in [3.8, 4) is 5.75 Å². The molecule has 0 radical (unpaired) electrons. The molecule has 0 saturated carbocycles. The van der Waals surface area contributed by atoms with E-state index in [0.717, 1.165) is 16.9 Å². The molecule has 0 aromatic heterocycles. The molecule has 3 aromatic carbocycles. The Morgan fingerprint density at radius 3 is 2.29 bits per heavy atom. The van der Waals surface area contributed by atoms with Gasteiger partial charge in [-0.3, -0.25) is 9.59 Å². The van der Waals surface area contributed by atoms with Crippen LogP contribution in [0.25, 0.3) is 5.70 Å². The van der Waals surface area contributed by atoms with Crippen LogP contribution in [0.3, 0.4) is 0 Å². The summed E-state index contributed by atoms with van der Waals surface area (Å²) in [6.07, 6.45) is 0.657. The number of halogens is 1. The number of hydrogen-bond acceptors (Lipinski definition) is 3. The second-order valence-electron chi connectivity index (χ2n) is 7.33. The Morgan fingerprint density at radius 1 is 0.935 bits per heavy atom. The van der Waals surface area contributed by atoms with Gasteiger partial charge in [0.1, 0.15) is 5.75 Å². The molecule has 0 aliphatic carbocycles. The lowest BCUT2D eigenvalue weighted by atomic mass is 9.90. The summed E-state index contributed by atoms with van der Waals surface area (Å²) >= 11 is 6.32.